The lowest BCUT2D eigenvalue weighted by atomic mass is 9.99. The second kappa shape index (κ2) is 5.48. The van der Waals surface area contributed by atoms with Crippen molar-refractivity contribution in [1.29, 1.82) is 0 Å². The largest absolute Gasteiger partial charge is 0.465 e. The number of esters is 1. The number of methoxy groups -OCH3 is 1. The lowest BCUT2D eigenvalue weighted by molar-refractivity contribution is 0.0601. The van der Waals surface area contributed by atoms with Crippen molar-refractivity contribution < 1.29 is 18.3 Å². The molecule has 0 aliphatic carbocycles. The maximum absolute atomic E-state index is 13.8. The van der Waals surface area contributed by atoms with Crippen molar-refractivity contribution in [2.75, 3.05) is 7.11 Å². The maximum atomic E-state index is 13.8. The van der Waals surface area contributed by atoms with Gasteiger partial charge in [0.05, 0.1) is 12.7 Å². The van der Waals surface area contributed by atoms with E-state index < -0.39 is 17.6 Å². The summed E-state index contributed by atoms with van der Waals surface area (Å²) < 4.78 is 32.3. The molecule has 0 atom stereocenters. The fourth-order valence-electron chi connectivity index (χ4n) is 1.73. The van der Waals surface area contributed by atoms with Crippen molar-refractivity contribution >= 4 is 21.9 Å². The van der Waals surface area contributed by atoms with Gasteiger partial charge in [-0.1, -0.05) is 15.9 Å². The van der Waals surface area contributed by atoms with Crippen LogP contribution in [-0.4, -0.2) is 13.1 Å². The van der Waals surface area contributed by atoms with Crippen LogP contribution in [0.25, 0.3) is 11.1 Å². The first-order chi connectivity index (χ1) is 9.02. The Morgan fingerprint density at radius 3 is 2.53 bits per heavy atom. The molecule has 2 aromatic rings. The SMILES string of the molecule is COC(=O)c1ccc(Br)cc1-c1cc(F)ccc1F. The van der Waals surface area contributed by atoms with Gasteiger partial charge in [-0.25, -0.2) is 13.6 Å². The van der Waals surface area contributed by atoms with Gasteiger partial charge in [-0.3, -0.25) is 0 Å². The Bertz CT molecular complexity index is 641. The molecule has 0 saturated heterocycles. The monoisotopic (exact) mass is 326 g/mol. The molecule has 0 heterocycles. The first kappa shape index (κ1) is 13.7. The number of carbonyl (C=O) groups excluding carboxylic acids is 1. The summed E-state index contributed by atoms with van der Waals surface area (Å²) in [5.41, 5.74) is 0.468. The number of rotatable bonds is 2. The summed E-state index contributed by atoms with van der Waals surface area (Å²) in [6, 6.07) is 7.76. The Balaban J connectivity index is 2.69. The molecular weight excluding hydrogens is 318 g/mol. The van der Waals surface area contributed by atoms with E-state index in [9.17, 15) is 13.6 Å². The van der Waals surface area contributed by atoms with Crippen LogP contribution in [0.4, 0.5) is 8.78 Å². The minimum atomic E-state index is -0.607. The highest BCUT2D eigenvalue weighted by Gasteiger charge is 2.17. The van der Waals surface area contributed by atoms with Gasteiger partial charge in [-0.15, -0.1) is 0 Å². The summed E-state index contributed by atoms with van der Waals surface area (Å²) in [5, 5.41) is 0. The van der Waals surface area contributed by atoms with Gasteiger partial charge >= 0.3 is 5.97 Å². The fraction of sp³-hybridized carbons (Fsp3) is 0.0714. The molecule has 0 unspecified atom stereocenters. The summed E-state index contributed by atoms with van der Waals surface area (Å²) in [7, 11) is 1.23. The molecule has 19 heavy (non-hydrogen) atoms. The molecular formula is C14H9BrF2O2. The summed E-state index contributed by atoms with van der Waals surface area (Å²) in [5.74, 6) is -1.79. The van der Waals surface area contributed by atoms with Crippen molar-refractivity contribution in [2.45, 2.75) is 0 Å². The van der Waals surface area contributed by atoms with Crippen molar-refractivity contribution in [3.05, 3.63) is 58.1 Å². The van der Waals surface area contributed by atoms with Crippen molar-refractivity contribution in [3.8, 4) is 11.1 Å². The lowest BCUT2D eigenvalue weighted by Crippen LogP contribution is -2.04. The molecule has 0 spiro atoms. The molecule has 0 aliphatic rings. The van der Waals surface area contributed by atoms with Gasteiger partial charge in [0.15, 0.2) is 0 Å². The smallest absolute Gasteiger partial charge is 0.338 e. The highest BCUT2D eigenvalue weighted by atomic mass is 79.9. The van der Waals surface area contributed by atoms with Crippen LogP contribution in [0.1, 0.15) is 10.4 Å². The van der Waals surface area contributed by atoms with Gasteiger partial charge in [0.1, 0.15) is 11.6 Å². The predicted molar refractivity (Wildman–Crippen MR) is 70.8 cm³/mol. The highest BCUT2D eigenvalue weighted by molar-refractivity contribution is 9.10. The second-order valence-electron chi connectivity index (χ2n) is 3.81. The number of halogens is 3. The maximum Gasteiger partial charge on any atom is 0.338 e. The van der Waals surface area contributed by atoms with Gasteiger partial charge in [0, 0.05) is 15.6 Å². The molecule has 0 aromatic heterocycles. The zero-order valence-electron chi connectivity index (χ0n) is 9.91. The number of ether oxygens (including phenoxy) is 1. The fourth-order valence-corrected chi connectivity index (χ4v) is 2.09. The van der Waals surface area contributed by atoms with E-state index in [4.69, 9.17) is 0 Å². The summed E-state index contributed by atoms with van der Waals surface area (Å²) in [4.78, 5) is 11.7. The molecule has 0 radical (unpaired) electrons. The normalized spacial score (nSPS) is 10.3. The van der Waals surface area contributed by atoms with Crippen LogP contribution in [0.15, 0.2) is 40.9 Å². The van der Waals surface area contributed by atoms with Crippen LogP contribution in [0, 0.1) is 11.6 Å². The van der Waals surface area contributed by atoms with E-state index in [-0.39, 0.29) is 16.7 Å². The average molecular weight is 327 g/mol. The van der Waals surface area contributed by atoms with E-state index in [2.05, 4.69) is 20.7 Å². The quantitative estimate of drug-likeness (QED) is 0.774. The van der Waals surface area contributed by atoms with E-state index in [1.807, 2.05) is 0 Å². The summed E-state index contributed by atoms with van der Waals surface area (Å²) >= 11 is 3.24. The Kier molecular flexibility index (Phi) is 3.95. The Morgan fingerprint density at radius 1 is 1.11 bits per heavy atom. The van der Waals surface area contributed by atoms with Crippen LogP contribution >= 0.6 is 15.9 Å². The van der Waals surface area contributed by atoms with E-state index in [0.29, 0.717) is 4.47 Å². The molecule has 0 aliphatic heterocycles. The molecule has 0 bridgehead atoms. The first-order valence-corrected chi connectivity index (χ1v) is 6.15. The van der Waals surface area contributed by atoms with Crippen LogP contribution in [0.3, 0.4) is 0 Å². The third-order valence-corrected chi connectivity index (χ3v) is 3.10. The zero-order valence-corrected chi connectivity index (χ0v) is 11.5. The number of carbonyl (C=O) groups is 1. The van der Waals surface area contributed by atoms with Crippen molar-refractivity contribution in [3.63, 3.8) is 0 Å². The van der Waals surface area contributed by atoms with E-state index in [1.54, 1.807) is 12.1 Å². The Morgan fingerprint density at radius 2 is 1.84 bits per heavy atom. The van der Waals surface area contributed by atoms with E-state index >= 15 is 0 Å². The van der Waals surface area contributed by atoms with Crippen molar-refractivity contribution in [1.82, 2.24) is 0 Å². The minimum absolute atomic E-state index is 0.0155. The summed E-state index contributed by atoms with van der Waals surface area (Å²) in [6.07, 6.45) is 0. The minimum Gasteiger partial charge on any atom is -0.465 e. The second-order valence-corrected chi connectivity index (χ2v) is 4.72. The standard InChI is InChI=1S/C14H9BrF2O2/c1-19-14(18)10-4-2-8(15)6-11(10)12-7-9(16)3-5-13(12)17/h2-7H,1H3. The molecule has 0 fully saturated rings. The first-order valence-electron chi connectivity index (χ1n) is 5.36. The van der Waals surface area contributed by atoms with Gasteiger partial charge in [-0.2, -0.15) is 0 Å². The lowest BCUT2D eigenvalue weighted by Gasteiger charge is -2.10. The van der Waals surface area contributed by atoms with Crippen LogP contribution in [0.5, 0.6) is 0 Å². The van der Waals surface area contributed by atoms with Gasteiger partial charge < -0.3 is 4.74 Å². The highest BCUT2D eigenvalue weighted by Crippen LogP contribution is 2.30. The van der Waals surface area contributed by atoms with E-state index in [0.717, 1.165) is 18.2 Å². The third kappa shape index (κ3) is 2.81. The number of hydrogen-bond acceptors (Lipinski definition) is 2. The van der Waals surface area contributed by atoms with Crippen LogP contribution < -0.4 is 0 Å². The Labute approximate surface area is 117 Å². The molecule has 0 amide bonds. The zero-order chi connectivity index (χ0) is 14.0. The van der Waals surface area contributed by atoms with E-state index in [1.165, 1.54) is 13.2 Å². The molecule has 2 nitrogen and oxygen atoms in total. The topological polar surface area (TPSA) is 26.3 Å². The molecule has 5 heteroatoms. The molecule has 98 valence electrons. The van der Waals surface area contributed by atoms with Gasteiger partial charge in [0.25, 0.3) is 0 Å². The predicted octanol–water partition coefficient (Wildman–Crippen LogP) is 4.18. The third-order valence-electron chi connectivity index (χ3n) is 2.61. The van der Waals surface area contributed by atoms with Crippen LogP contribution in [-0.2, 0) is 4.74 Å². The average Bonchev–Trinajstić information content (AvgIpc) is 2.40. The molecule has 0 N–H and O–H groups in total. The van der Waals surface area contributed by atoms with Gasteiger partial charge in [0.2, 0.25) is 0 Å². The molecule has 2 aromatic carbocycles. The summed E-state index contributed by atoms with van der Waals surface area (Å²) in [6.45, 7) is 0. The number of benzene rings is 2. The molecule has 0 saturated carbocycles. The number of hydrogen-bond donors (Lipinski definition) is 0. The molecule has 2 rings (SSSR count). The Hall–Kier alpha value is -1.75. The van der Waals surface area contributed by atoms with Crippen molar-refractivity contribution in [2.24, 2.45) is 0 Å². The van der Waals surface area contributed by atoms with Gasteiger partial charge in [-0.05, 0) is 36.4 Å². The van der Waals surface area contributed by atoms with Crippen LogP contribution in [0.2, 0.25) is 0 Å².